The minimum atomic E-state index is 0.440. The average molecular weight is 371 g/mol. The standard InChI is InChI=1S/C16H17BrClNO2/c1-19-9-12-7-13(17)8-15(20-2)16(12)21-10-11-4-3-5-14(18)6-11/h3-8,19H,9-10H2,1-2H3. The van der Waals surface area contributed by atoms with Gasteiger partial charge in [0.15, 0.2) is 11.5 Å². The number of ether oxygens (including phenoxy) is 2. The van der Waals surface area contributed by atoms with Crippen molar-refractivity contribution < 1.29 is 9.47 Å². The number of methoxy groups -OCH3 is 1. The van der Waals surface area contributed by atoms with Gasteiger partial charge in [0.2, 0.25) is 0 Å². The van der Waals surface area contributed by atoms with Crippen LogP contribution >= 0.6 is 27.5 Å². The van der Waals surface area contributed by atoms with E-state index in [1.54, 1.807) is 7.11 Å². The van der Waals surface area contributed by atoms with Crippen molar-refractivity contribution in [1.82, 2.24) is 5.32 Å². The molecule has 2 rings (SSSR count). The topological polar surface area (TPSA) is 30.5 Å². The number of halogens is 2. The number of hydrogen-bond acceptors (Lipinski definition) is 3. The van der Waals surface area contributed by atoms with Crippen molar-refractivity contribution in [3.8, 4) is 11.5 Å². The molecule has 0 heterocycles. The fraction of sp³-hybridized carbons (Fsp3) is 0.250. The van der Waals surface area contributed by atoms with Gasteiger partial charge in [0.1, 0.15) is 6.61 Å². The van der Waals surface area contributed by atoms with E-state index in [1.165, 1.54) is 0 Å². The summed E-state index contributed by atoms with van der Waals surface area (Å²) in [5.41, 5.74) is 2.05. The summed E-state index contributed by atoms with van der Waals surface area (Å²) in [4.78, 5) is 0. The summed E-state index contributed by atoms with van der Waals surface area (Å²) >= 11 is 9.47. The van der Waals surface area contributed by atoms with Crippen LogP contribution in [0.3, 0.4) is 0 Å². The van der Waals surface area contributed by atoms with Crippen LogP contribution in [-0.2, 0) is 13.2 Å². The maximum Gasteiger partial charge on any atom is 0.166 e. The van der Waals surface area contributed by atoms with Crippen LogP contribution in [0.1, 0.15) is 11.1 Å². The molecule has 0 saturated carbocycles. The first-order valence-electron chi connectivity index (χ1n) is 6.52. The maximum absolute atomic E-state index is 5.99. The molecule has 0 atom stereocenters. The fourth-order valence-corrected chi connectivity index (χ4v) is 2.74. The second-order valence-corrected chi connectivity index (χ2v) is 5.90. The molecule has 21 heavy (non-hydrogen) atoms. The third-order valence-electron chi connectivity index (χ3n) is 2.96. The van der Waals surface area contributed by atoms with E-state index in [0.29, 0.717) is 23.9 Å². The highest BCUT2D eigenvalue weighted by Crippen LogP contribution is 2.35. The zero-order valence-electron chi connectivity index (χ0n) is 12.0. The van der Waals surface area contributed by atoms with Crippen LogP contribution < -0.4 is 14.8 Å². The Hall–Kier alpha value is -1.23. The summed E-state index contributed by atoms with van der Waals surface area (Å²) in [6, 6.07) is 11.5. The molecule has 2 aromatic rings. The van der Waals surface area contributed by atoms with Gasteiger partial charge in [0.25, 0.3) is 0 Å². The van der Waals surface area contributed by atoms with Crippen LogP contribution in [0.25, 0.3) is 0 Å². The van der Waals surface area contributed by atoms with Gasteiger partial charge < -0.3 is 14.8 Å². The average Bonchev–Trinajstić information content (AvgIpc) is 2.46. The SMILES string of the molecule is CNCc1cc(Br)cc(OC)c1OCc1cccc(Cl)c1. The van der Waals surface area contributed by atoms with Crippen molar-refractivity contribution in [2.75, 3.05) is 14.2 Å². The summed E-state index contributed by atoms with van der Waals surface area (Å²) in [6.07, 6.45) is 0. The van der Waals surface area contributed by atoms with E-state index in [-0.39, 0.29) is 0 Å². The summed E-state index contributed by atoms with van der Waals surface area (Å²) in [7, 11) is 3.53. The van der Waals surface area contributed by atoms with Crippen molar-refractivity contribution >= 4 is 27.5 Å². The first kappa shape index (κ1) is 16.1. The lowest BCUT2D eigenvalue weighted by Crippen LogP contribution is -2.08. The van der Waals surface area contributed by atoms with Crippen molar-refractivity contribution in [3.63, 3.8) is 0 Å². The van der Waals surface area contributed by atoms with Crippen LogP contribution in [0.5, 0.6) is 11.5 Å². The smallest absolute Gasteiger partial charge is 0.166 e. The second kappa shape index (κ2) is 7.69. The fourth-order valence-electron chi connectivity index (χ4n) is 2.04. The van der Waals surface area contributed by atoms with Gasteiger partial charge >= 0.3 is 0 Å². The summed E-state index contributed by atoms with van der Waals surface area (Å²) in [5.74, 6) is 1.45. The van der Waals surface area contributed by atoms with Crippen LogP contribution in [0.4, 0.5) is 0 Å². The molecule has 0 spiro atoms. The Kier molecular flexibility index (Phi) is 5.91. The highest BCUT2D eigenvalue weighted by molar-refractivity contribution is 9.10. The lowest BCUT2D eigenvalue weighted by molar-refractivity contribution is 0.281. The molecular weight excluding hydrogens is 354 g/mol. The summed E-state index contributed by atoms with van der Waals surface area (Å²) in [6.45, 7) is 1.13. The van der Waals surface area contributed by atoms with Gasteiger partial charge in [-0.25, -0.2) is 0 Å². The van der Waals surface area contributed by atoms with Crippen molar-refractivity contribution in [2.45, 2.75) is 13.2 Å². The molecule has 2 aromatic carbocycles. The van der Waals surface area contributed by atoms with Crippen molar-refractivity contribution in [2.24, 2.45) is 0 Å². The highest BCUT2D eigenvalue weighted by atomic mass is 79.9. The van der Waals surface area contributed by atoms with E-state index < -0.39 is 0 Å². The molecule has 112 valence electrons. The Balaban J connectivity index is 2.25. The monoisotopic (exact) mass is 369 g/mol. The Morgan fingerprint density at radius 2 is 2.05 bits per heavy atom. The van der Waals surface area contributed by atoms with E-state index >= 15 is 0 Å². The molecule has 0 saturated heterocycles. The lowest BCUT2D eigenvalue weighted by Gasteiger charge is -2.16. The Labute approximate surface area is 138 Å². The number of rotatable bonds is 6. The first-order valence-corrected chi connectivity index (χ1v) is 7.69. The molecule has 0 amide bonds. The molecule has 3 nitrogen and oxygen atoms in total. The number of hydrogen-bond donors (Lipinski definition) is 1. The summed E-state index contributed by atoms with van der Waals surface area (Å²) < 4.78 is 12.3. The molecule has 0 aliphatic rings. The second-order valence-electron chi connectivity index (χ2n) is 4.55. The van der Waals surface area contributed by atoms with Gasteiger partial charge in [-0.05, 0) is 36.9 Å². The lowest BCUT2D eigenvalue weighted by atomic mass is 10.1. The maximum atomic E-state index is 5.99. The van der Waals surface area contributed by atoms with E-state index in [4.69, 9.17) is 21.1 Å². The molecule has 0 bridgehead atoms. The third-order valence-corrected chi connectivity index (χ3v) is 3.65. The minimum absolute atomic E-state index is 0.440. The zero-order valence-corrected chi connectivity index (χ0v) is 14.3. The van der Waals surface area contributed by atoms with Crippen molar-refractivity contribution in [1.29, 1.82) is 0 Å². The van der Waals surface area contributed by atoms with Gasteiger partial charge in [-0.1, -0.05) is 39.7 Å². The van der Waals surface area contributed by atoms with Gasteiger partial charge in [-0.2, -0.15) is 0 Å². The van der Waals surface area contributed by atoms with Crippen LogP contribution in [0.2, 0.25) is 5.02 Å². The third kappa shape index (κ3) is 4.37. The number of benzene rings is 2. The van der Waals surface area contributed by atoms with Crippen LogP contribution in [0.15, 0.2) is 40.9 Å². The van der Waals surface area contributed by atoms with Gasteiger partial charge in [-0.3, -0.25) is 0 Å². The molecule has 0 unspecified atom stereocenters. The van der Waals surface area contributed by atoms with Crippen LogP contribution in [0, 0.1) is 0 Å². The predicted molar refractivity (Wildman–Crippen MR) is 89.2 cm³/mol. The van der Waals surface area contributed by atoms with E-state index in [9.17, 15) is 0 Å². The Morgan fingerprint density at radius 1 is 1.24 bits per heavy atom. The molecular formula is C16H17BrClNO2. The first-order chi connectivity index (χ1) is 10.1. The van der Waals surface area contributed by atoms with E-state index in [1.807, 2.05) is 43.4 Å². The van der Waals surface area contributed by atoms with E-state index in [2.05, 4.69) is 21.2 Å². The zero-order chi connectivity index (χ0) is 15.2. The largest absolute Gasteiger partial charge is 0.493 e. The molecule has 0 aromatic heterocycles. The predicted octanol–water partition coefficient (Wildman–Crippen LogP) is 4.41. The number of nitrogens with one attached hydrogen (secondary N) is 1. The molecule has 0 radical (unpaired) electrons. The van der Waals surface area contributed by atoms with Gasteiger partial charge in [0.05, 0.1) is 7.11 Å². The normalized spacial score (nSPS) is 10.5. The van der Waals surface area contributed by atoms with Gasteiger partial charge in [0, 0.05) is 21.6 Å². The molecule has 5 heteroatoms. The van der Waals surface area contributed by atoms with Gasteiger partial charge in [-0.15, -0.1) is 0 Å². The van der Waals surface area contributed by atoms with Crippen LogP contribution in [-0.4, -0.2) is 14.2 Å². The molecule has 0 aliphatic heterocycles. The molecule has 0 fully saturated rings. The summed E-state index contributed by atoms with van der Waals surface area (Å²) in [5, 5.41) is 3.84. The Morgan fingerprint density at radius 3 is 2.71 bits per heavy atom. The van der Waals surface area contributed by atoms with Crippen molar-refractivity contribution in [3.05, 3.63) is 57.0 Å². The quantitative estimate of drug-likeness (QED) is 0.817. The Bertz CT molecular complexity index is 619. The molecule has 0 aliphatic carbocycles. The highest BCUT2D eigenvalue weighted by Gasteiger charge is 2.12. The molecule has 1 N–H and O–H groups in total. The van der Waals surface area contributed by atoms with E-state index in [0.717, 1.165) is 21.3 Å². The minimum Gasteiger partial charge on any atom is -0.493 e.